The Morgan fingerprint density at radius 1 is 0.243 bits per heavy atom. The van der Waals surface area contributed by atoms with Crippen LogP contribution in [0.15, 0.2) is 15.0 Å². The molecule has 44 N–H and O–H groups in total. The molecule has 0 aliphatic carbocycles. The number of carboxylic acid groups (broad SMARTS) is 1. The number of carbonyl (C=O) groups excluding carboxylic acids is 18. The molecule has 18 amide bonds. The van der Waals surface area contributed by atoms with Gasteiger partial charge in [0, 0.05) is 32.5 Å². The van der Waals surface area contributed by atoms with Crippen molar-refractivity contribution in [1.29, 1.82) is 0 Å². The Hall–Kier alpha value is -12.5. The Balaban J connectivity index is 7.47. The standard InChI is InChI=1S/C87H164N32O21/c1-45(2)41-61(116-69(124)50(10)105-82(137)64(44-120)119-81(136)62(42-46(3)4)117-70(125)51(11)106-83(138)67(94)48(7)8)80(135)114-55(26-15-19-37-91)74(129)108-52(23-12-16-34-88)71(126)104-49(9)68(123)107-59(30-32-65(92)121)78(133)113-57(28-21-39-102-86(97)98)76(131)115-60(31-33-66(93)122)79(134)110-54(25-14-18-36-90)72(127)109-53(24-13-17-35-89)73(128)111-56(27-20-38-101-85(95)96)75(130)112-58(29-22-40-103-87(99)100)77(132)118-63(84(139)140)43-47(5)6/h45-64,67,120H,12-44,88-91,94H2,1-11H3,(H2,92,121)(H2,93,122)(H,104,126)(H,105,137)(H,106,138)(H,107,123)(H,108,129)(H,109,127)(H,110,134)(H,111,128)(H,112,130)(H,113,133)(H,114,135)(H,115,131)(H,116,124)(H,117,125)(H,118,132)(H,119,136)(H,139,140)(H4,95,96,101)(H4,97,98,102)(H4,99,100,103)/t49-,50-,51-,52-,53-,54-,55-,56-,57-,58-,59-,60-,61-,62-,63-,64-,67-/m0/s1. The summed E-state index contributed by atoms with van der Waals surface area (Å²) in [6.07, 6.45) is -1.12. The van der Waals surface area contributed by atoms with Crippen LogP contribution < -0.4 is 160 Å². The molecule has 0 aromatic rings. The van der Waals surface area contributed by atoms with Crippen LogP contribution in [-0.4, -0.2) is 296 Å². The molecule has 0 spiro atoms. The zero-order valence-electron chi connectivity index (χ0n) is 83.0. The highest BCUT2D eigenvalue weighted by Gasteiger charge is 2.40. The number of carboxylic acids is 1. The second kappa shape index (κ2) is 70.2. The number of hydrogen-bond acceptors (Lipinski definition) is 28. The molecule has 17 atom stereocenters. The number of nitrogens with zero attached hydrogens (tertiary/aromatic N) is 3. The van der Waals surface area contributed by atoms with E-state index in [0.717, 1.165) is 0 Å². The van der Waals surface area contributed by atoms with Gasteiger partial charge in [-0.15, -0.1) is 0 Å². The van der Waals surface area contributed by atoms with E-state index in [0.29, 0.717) is 19.3 Å². The first-order valence-corrected chi connectivity index (χ1v) is 47.8. The number of amides is 18. The Bertz CT molecular complexity index is 4050. The molecule has 140 heavy (non-hydrogen) atoms. The summed E-state index contributed by atoms with van der Waals surface area (Å²) in [5.41, 5.74) is 73.9. The first-order valence-electron chi connectivity index (χ1n) is 47.8. The summed E-state index contributed by atoms with van der Waals surface area (Å²) in [5.74, 6) is -20.2. The molecule has 0 bridgehead atoms. The molecule has 0 unspecified atom stereocenters. The van der Waals surface area contributed by atoms with E-state index in [1.807, 2.05) is 0 Å². The maximum absolute atomic E-state index is 14.8. The highest BCUT2D eigenvalue weighted by molar-refractivity contribution is 6.01. The Morgan fingerprint density at radius 2 is 0.436 bits per heavy atom. The quantitative estimate of drug-likeness (QED) is 0.0153. The van der Waals surface area contributed by atoms with Crippen molar-refractivity contribution in [2.75, 3.05) is 52.4 Å². The lowest BCUT2D eigenvalue weighted by Crippen LogP contribution is -2.61. The molecule has 0 aliphatic heterocycles. The normalized spacial score (nSPS) is 14.8. The summed E-state index contributed by atoms with van der Waals surface area (Å²) in [6.45, 7) is 17.1. The Labute approximate surface area is 818 Å². The molecule has 798 valence electrons. The molecule has 0 fully saturated rings. The lowest BCUT2D eigenvalue weighted by atomic mass is 10.0. The van der Waals surface area contributed by atoms with Gasteiger partial charge in [-0.25, -0.2) is 4.79 Å². The van der Waals surface area contributed by atoms with Gasteiger partial charge in [0.15, 0.2) is 17.9 Å². The van der Waals surface area contributed by atoms with E-state index < -0.39 is 247 Å². The number of aliphatic hydroxyl groups is 1. The van der Waals surface area contributed by atoms with Gasteiger partial charge in [0.2, 0.25) is 106 Å². The molecule has 0 saturated heterocycles. The number of guanidine groups is 3. The third-order valence-electron chi connectivity index (χ3n) is 21.8. The average molecular weight is 1990 g/mol. The van der Waals surface area contributed by atoms with Gasteiger partial charge in [-0.1, -0.05) is 55.4 Å². The van der Waals surface area contributed by atoms with Crippen LogP contribution in [0.1, 0.15) is 237 Å². The fourth-order valence-electron chi connectivity index (χ4n) is 13.8. The summed E-state index contributed by atoms with van der Waals surface area (Å²) in [7, 11) is 0. The fourth-order valence-corrected chi connectivity index (χ4v) is 13.8. The van der Waals surface area contributed by atoms with Crippen molar-refractivity contribution >= 4 is 130 Å². The van der Waals surface area contributed by atoms with E-state index in [1.165, 1.54) is 20.8 Å². The number of nitrogens with two attached hydrogens (primary N) is 13. The summed E-state index contributed by atoms with van der Waals surface area (Å²) in [6, 6.07) is -24.9. The van der Waals surface area contributed by atoms with Gasteiger partial charge >= 0.3 is 5.97 Å². The van der Waals surface area contributed by atoms with Gasteiger partial charge in [-0.05, 0) is 218 Å². The highest BCUT2D eigenvalue weighted by Crippen LogP contribution is 2.17. The zero-order chi connectivity index (χ0) is 107. The van der Waals surface area contributed by atoms with Crippen molar-refractivity contribution in [3.63, 3.8) is 0 Å². The summed E-state index contributed by atoms with van der Waals surface area (Å²) in [4.78, 5) is 276. The van der Waals surface area contributed by atoms with Crippen LogP contribution in [0.25, 0.3) is 0 Å². The van der Waals surface area contributed by atoms with Gasteiger partial charge in [-0.2, -0.15) is 0 Å². The van der Waals surface area contributed by atoms with Crippen molar-refractivity contribution in [1.82, 2.24) is 85.1 Å². The molecular weight excluding hydrogens is 1830 g/mol. The number of hydrogen-bond donors (Lipinski definition) is 31. The topological polar surface area (TPSA) is 933 Å². The second-order valence-corrected chi connectivity index (χ2v) is 36.2. The lowest BCUT2D eigenvalue weighted by Gasteiger charge is -2.28. The van der Waals surface area contributed by atoms with Crippen molar-refractivity contribution in [3.05, 3.63) is 0 Å². The van der Waals surface area contributed by atoms with E-state index >= 15 is 0 Å². The van der Waals surface area contributed by atoms with Crippen molar-refractivity contribution in [2.24, 2.45) is 113 Å². The molecule has 0 radical (unpaired) electrons. The van der Waals surface area contributed by atoms with Crippen molar-refractivity contribution in [2.45, 2.75) is 339 Å². The van der Waals surface area contributed by atoms with E-state index in [9.17, 15) is 101 Å². The Kier molecular flexibility index (Phi) is 63.9. The first kappa shape index (κ1) is 128. The molecule has 0 heterocycles. The van der Waals surface area contributed by atoms with Crippen LogP contribution >= 0.6 is 0 Å². The zero-order valence-corrected chi connectivity index (χ0v) is 83.0. The van der Waals surface area contributed by atoms with Crippen LogP contribution in [0.4, 0.5) is 0 Å². The minimum absolute atomic E-state index is 0.00458. The maximum Gasteiger partial charge on any atom is 0.326 e. The molecule has 53 heteroatoms. The van der Waals surface area contributed by atoms with E-state index in [1.54, 1.807) is 55.4 Å². The third-order valence-corrected chi connectivity index (χ3v) is 21.8. The van der Waals surface area contributed by atoms with Crippen molar-refractivity contribution < 1.29 is 101 Å². The lowest BCUT2D eigenvalue weighted by molar-refractivity contribution is -0.143. The minimum atomic E-state index is -1.77. The number of aliphatic carboxylic acids is 1. The molecule has 0 aromatic heterocycles. The summed E-state index contributed by atoms with van der Waals surface area (Å²) >= 11 is 0. The molecule has 0 saturated carbocycles. The maximum atomic E-state index is 14.8. The number of unbranched alkanes of at least 4 members (excludes halogenated alkanes) is 4. The van der Waals surface area contributed by atoms with Gasteiger partial charge in [0.1, 0.15) is 96.7 Å². The van der Waals surface area contributed by atoms with Gasteiger partial charge in [-0.3, -0.25) is 101 Å². The number of carbonyl (C=O) groups is 19. The van der Waals surface area contributed by atoms with E-state index in [-0.39, 0.29) is 203 Å². The smallest absolute Gasteiger partial charge is 0.326 e. The number of aliphatic hydroxyl groups excluding tert-OH is 1. The SMILES string of the molecule is CC(C)C[C@H](NC(=O)[C@H](CCCN=C(N)N)NC(=O)[C@H](CCCN=C(N)N)NC(=O)[C@H](CCCCN)NC(=O)[C@H](CCCCN)NC(=O)[C@H](CCC(N)=O)NC(=O)[C@H](CCCN=C(N)N)NC(=O)[C@H](CCC(N)=O)NC(=O)[C@H](C)NC(=O)[C@H](CCCCN)NC(=O)[C@H](CCCCN)NC(=O)[C@H](CC(C)C)NC(=O)[C@H](C)NC(=O)[C@H](CO)NC(=O)[C@H](CC(C)C)NC(=O)[C@H](C)NC(=O)[C@@H](N)C(C)C)C(=O)O. The van der Waals surface area contributed by atoms with Crippen LogP contribution in [0.2, 0.25) is 0 Å². The summed E-state index contributed by atoms with van der Waals surface area (Å²) < 4.78 is 0. The van der Waals surface area contributed by atoms with Gasteiger partial charge in [0.25, 0.3) is 0 Å². The second-order valence-electron chi connectivity index (χ2n) is 36.2. The van der Waals surface area contributed by atoms with Gasteiger partial charge in [0.05, 0.1) is 12.6 Å². The number of rotatable bonds is 75. The number of aliphatic imine (C=N–C) groups is 3. The van der Waals surface area contributed by atoms with Crippen LogP contribution in [-0.2, 0) is 91.1 Å². The minimum Gasteiger partial charge on any atom is -0.480 e. The monoisotopic (exact) mass is 1990 g/mol. The third kappa shape index (κ3) is 54.7. The number of nitrogens with one attached hydrogen (secondary N) is 16. The van der Waals surface area contributed by atoms with E-state index in [4.69, 9.17) is 74.5 Å². The first-order chi connectivity index (χ1) is 65.8. The molecule has 0 aliphatic rings. The predicted molar refractivity (Wildman–Crippen MR) is 522 cm³/mol. The van der Waals surface area contributed by atoms with Crippen LogP contribution in [0, 0.1) is 23.7 Å². The van der Waals surface area contributed by atoms with Crippen LogP contribution in [0.5, 0.6) is 0 Å². The van der Waals surface area contributed by atoms with Gasteiger partial charge < -0.3 is 170 Å². The van der Waals surface area contributed by atoms with E-state index in [2.05, 4.69) is 100 Å². The fraction of sp³-hybridized carbons (Fsp3) is 0.747. The Morgan fingerprint density at radius 3 is 0.657 bits per heavy atom. The molecule has 0 aromatic carbocycles. The predicted octanol–water partition coefficient (Wildman–Crippen LogP) is -9.79. The largest absolute Gasteiger partial charge is 0.480 e. The number of primary amides is 2. The summed E-state index contributed by atoms with van der Waals surface area (Å²) in [5, 5.41) is 61.1. The molecular formula is C87H164N32O21. The van der Waals surface area contributed by atoms with Crippen LogP contribution in [0.3, 0.4) is 0 Å². The average Bonchev–Trinajstić information content (AvgIpc) is 0.859. The molecule has 0 rings (SSSR count). The molecule has 53 nitrogen and oxygen atoms in total. The van der Waals surface area contributed by atoms with Crippen molar-refractivity contribution in [3.8, 4) is 0 Å². The highest BCUT2D eigenvalue weighted by atomic mass is 16.4.